The van der Waals surface area contributed by atoms with Gasteiger partial charge in [0.25, 0.3) is 10.0 Å². The molecule has 200 valence electrons. The summed E-state index contributed by atoms with van der Waals surface area (Å²) in [4.78, 5) is 11.3. The van der Waals surface area contributed by atoms with Crippen LogP contribution in [0.15, 0.2) is 65.6 Å². The Morgan fingerprint density at radius 3 is 2.61 bits per heavy atom. The summed E-state index contributed by atoms with van der Waals surface area (Å²) >= 11 is 6.23. The Morgan fingerprint density at radius 1 is 1.18 bits per heavy atom. The molecule has 1 aliphatic heterocycles. The first kappa shape index (κ1) is 27.7. The number of carboxylic acid groups (broad SMARTS) is 1. The third-order valence-electron chi connectivity index (χ3n) is 6.45. The number of hydrogen-bond acceptors (Lipinski definition) is 4. The summed E-state index contributed by atoms with van der Waals surface area (Å²) in [5.41, 5.74) is 2.68. The van der Waals surface area contributed by atoms with Gasteiger partial charge in [0.05, 0.1) is 22.2 Å². The third-order valence-corrected chi connectivity index (χ3v) is 8.54. The fraction of sp³-hybridized carbons (Fsp3) is 0.276. The van der Waals surface area contributed by atoms with E-state index >= 15 is 0 Å². The second kappa shape index (κ2) is 11.2. The predicted octanol–water partition coefficient (Wildman–Crippen LogP) is 6.98. The minimum absolute atomic E-state index is 0.0419. The molecule has 6 nitrogen and oxygen atoms in total. The molecule has 3 aromatic rings. The molecule has 1 heterocycles. The molecule has 4 rings (SSSR count). The number of fused-ring (bicyclic) bond motifs is 1. The largest absolute Gasteiger partial charge is 0.486 e. The molecule has 38 heavy (non-hydrogen) atoms. The van der Waals surface area contributed by atoms with Gasteiger partial charge in [-0.25, -0.2) is 12.8 Å². The molecule has 0 amide bonds. The smallest absolute Gasteiger partial charge is 0.303 e. The number of sulfonamides is 1. The van der Waals surface area contributed by atoms with Crippen LogP contribution in [0.4, 0.5) is 10.1 Å². The lowest BCUT2D eigenvalue weighted by Crippen LogP contribution is -2.43. The summed E-state index contributed by atoms with van der Waals surface area (Å²) < 4.78 is 49.6. The Balaban J connectivity index is 1.79. The van der Waals surface area contributed by atoms with E-state index in [0.29, 0.717) is 22.6 Å². The van der Waals surface area contributed by atoms with E-state index in [9.17, 15) is 17.6 Å². The van der Waals surface area contributed by atoms with E-state index < -0.39 is 27.9 Å². The van der Waals surface area contributed by atoms with Crippen molar-refractivity contribution < 1.29 is 27.4 Å². The zero-order valence-electron chi connectivity index (χ0n) is 21.3. The highest BCUT2D eigenvalue weighted by Crippen LogP contribution is 2.40. The molecule has 9 heteroatoms. The Labute approximate surface area is 227 Å². The fourth-order valence-corrected chi connectivity index (χ4v) is 6.31. The molecule has 0 aromatic heterocycles. The van der Waals surface area contributed by atoms with Gasteiger partial charge in [0.1, 0.15) is 17.7 Å². The van der Waals surface area contributed by atoms with Gasteiger partial charge in [0, 0.05) is 12.0 Å². The zero-order chi connectivity index (χ0) is 27.6. The highest BCUT2D eigenvalue weighted by atomic mass is 35.5. The molecule has 0 aliphatic carbocycles. The van der Waals surface area contributed by atoms with Gasteiger partial charge in [0.15, 0.2) is 0 Å². The summed E-state index contributed by atoms with van der Waals surface area (Å²) in [6.45, 7) is 5.66. The van der Waals surface area contributed by atoms with Crippen molar-refractivity contribution in [1.82, 2.24) is 0 Å². The first-order chi connectivity index (χ1) is 18.0. The number of carbonyl (C=O) groups is 1. The van der Waals surface area contributed by atoms with Crippen molar-refractivity contribution >= 4 is 44.9 Å². The van der Waals surface area contributed by atoms with E-state index in [1.165, 1.54) is 16.4 Å². The van der Waals surface area contributed by atoms with Gasteiger partial charge in [0.2, 0.25) is 0 Å². The molecular formula is C29H29ClFNO5S. The summed E-state index contributed by atoms with van der Waals surface area (Å²) in [5.74, 6) is -0.978. The van der Waals surface area contributed by atoms with E-state index in [1.807, 2.05) is 19.9 Å². The molecule has 0 spiro atoms. The lowest BCUT2D eigenvalue weighted by molar-refractivity contribution is -0.137. The Morgan fingerprint density at radius 2 is 1.92 bits per heavy atom. The first-order valence-corrected chi connectivity index (χ1v) is 14.1. The summed E-state index contributed by atoms with van der Waals surface area (Å²) in [5, 5.41) is 9.42. The van der Waals surface area contributed by atoms with Crippen LogP contribution in [-0.2, 0) is 14.8 Å². The van der Waals surface area contributed by atoms with E-state index in [4.69, 9.17) is 21.4 Å². The average molecular weight is 558 g/mol. The quantitative estimate of drug-likeness (QED) is 0.302. The Bertz CT molecular complexity index is 1480. The molecule has 0 saturated heterocycles. The van der Waals surface area contributed by atoms with Crippen LogP contribution >= 0.6 is 11.6 Å². The summed E-state index contributed by atoms with van der Waals surface area (Å²) in [7, 11) is -4.01. The maximum atomic E-state index is 14.5. The van der Waals surface area contributed by atoms with E-state index in [0.717, 1.165) is 5.56 Å². The van der Waals surface area contributed by atoms with Gasteiger partial charge in [-0.3, -0.25) is 9.10 Å². The van der Waals surface area contributed by atoms with E-state index in [-0.39, 0.29) is 40.8 Å². The van der Waals surface area contributed by atoms with Crippen molar-refractivity contribution in [2.75, 3.05) is 10.8 Å². The highest BCUT2D eigenvalue weighted by molar-refractivity contribution is 7.92. The minimum Gasteiger partial charge on any atom is -0.486 e. The van der Waals surface area contributed by atoms with E-state index in [1.54, 1.807) is 55.5 Å². The van der Waals surface area contributed by atoms with Crippen molar-refractivity contribution in [2.45, 2.75) is 50.5 Å². The molecule has 0 saturated carbocycles. The summed E-state index contributed by atoms with van der Waals surface area (Å²) in [6, 6.07) is 16.3. The number of ether oxygens (including phenoxy) is 1. The van der Waals surface area contributed by atoms with Gasteiger partial charge >= 0.3 is 5.97 Å². The molecule has 0 unspecified atom stereocenters. The van der Waals surface area contributed by atoms with E-state index in [2.05, 4.69) is 0 Å². The second-order valence-corrected chi connectivity index (χ2v) is 11.9. The molecule has 3 aromatic carbocycles. The highest BCUT2D eigenvalue weighted by Gasteiger charge is 2.35. The second-order valence-electron chi connectivity index (χ2n) is 9.59. The number of rotatable bonds is 8. The lowest BCUT2D eigenvalue weighted by atomic mass is 10.0. The monoisotopic (exact) mass is 557 g/mol. The van der Waals surface area contributed by atoms with Crippen molar-refractivity contribution in [2.24, 2.45) is 0 Å². The first-order valence-electron chi connectivity index (χ1n) is 12.2. The topological polar surface area (TPSA) is 83.9 Å². The Kier molecular flexibility index (Phi) is 8.13. The number of aliphatic carboxylic acids is 1. The van der Waals surface area contributed by atoms with Crippen LogP contribution in [0.2, 0.25) is 5.02 Å². The average Bonchev–Trinajstić information content (AvgIpc) is 2.87. The minimum atomic E-state index is -4.01. The van der Waals surface area contributed by atoms with Crippen LogP contribution in [0.25, 0.3) is 11.6 Å². The molecular weight excluding hydrogens is 529 g/mol. The lowest BCUT2D eigenvalue weighted by Gasteiger charge is -2.35. The molecule has 1 atom stereocenters. The maximum Gasteiger partial charge on any atom is 0.303 e. The van der Waals surface area contributed by atoms with Crippen LogP contribution in [0, 0.1) is 5.82 Å². The number of halogens is 2. The molecule has 0 radical (unpaired) electrons. The van der Waals surface area contributed by atoms with Gasteiger partial charge in [-0.05, 0) is 72.4 Å². The van der Waals surface area contributed by atoms with Gasteiger partial charge in [-0.15, -0.1) is 0 Å². The number of hydrogen-bond donors (Lipinski definition) is 1. The van der Waals surface area contributed by atoms with Crippen molar-refractivity contribution in [3.05, 3.63) is 88.2 Å². The van der Waals surface area contributed by atoms with Crippen LogP contribution in [0.5, 0.6) is 5.75 Å². The van der Waals surface area contributed by atoms with Crippen LogP contribution in [0.3, 0.4) is 0 Å². The van der Waals surface area contributed by atoms with Crippen LogP contribution in [0.1, 0.15) is 56.2 Å². The van der Waals surface area contributed by atoms with Gasteiger partial charge in [-0.2, -0.15) is 0 Å². The van der Waals surface area contributed by atoms with Crippen LogP contribution in [-0.4, -0.2) is 32.1 Å². The van der Waals surface area contributed by atoms with Crippen molar-refractivity contribution in [3.63, 3.8) is 0 Å². The molecule has 0 bridgehead atoms. The zero-order valence-corrected chi connectivity index (χ0v) is 22.9. The standard InChI is InChI=1S/C29H29ClFNO5S/c1-18(2)21-6-4-7-23(16-21)38(35,36)32-17-22(11-13-28(33)34)37-27-12-10-20(15-26(27)32)14-19(3)29-24(30)8-5-9-25(29)31/h4-10,12,14-16,18,22H,11,13,17H2,1-3H3,(H,33,34)/b19-14+/t22-/m0/s1. The van der Waals surface area contributed by atoms with Gasteiger partial charge in [-0.1, -0.05) is 55.8 Å². The van der Waals surface area contributed by atoms with Crippen molar-refractivity contribution in [1.29, 1.82) is 0 Å². The molecule has 1 N–H and O–H groups in total. The number of allylic oxidation sites excluding steroid dienone is 1. The molecule has 1 aliphatic rings. The number of carboxylic acids is 1. The maximum absolute atomic E-state index is 14.5. The fourth-order valence-electron chi connectivity index (χ4n) is 4.44. The number of nitrogens with zero attached hydrogens (tertiary/aromatic N) is 1. The van der Waals surface area contributed by atoms with Gasteiger partial charge < -0.3 is 9.84 Å². The van der Waals surface area contributed by atoms with Crippen LogP contribution < -0.4 is 9.04 Å². The predicted molar refractivity (Wildman–Crippen MR) is 148 cm³/mol. The van der Waals surface area contributed by atoms with Crippen molar-refractivity contribution in [3.8, 4) is 5.75 Å². The summed E-state index contributed by atoms with van der Waals surface area (Å²) in [6.07, 6.45) is 1.09. The molecule has 0 fully saturated rings. The number of benzene rings is 3. The number of anilines is 1. The normalized spacial score (nSPS) is 15.8. The Hall–Kier alpha value is -3.36. The SMILES string of the molecule is C/C(=C\c1ccc2c(c1)N(S(=O)(=O)c1cccc(C(C)C)c1)C[C@H](CCC(=O)O)O2)c1c(F)cccc1Cl. The third kappa shape index (κ3) is 5.87.